The normalized spacial score (nSPS) is 11.2. The van der Waals surface area contributed by atoms with Crippen molar-refractivity contribution in [2.24, 2.45) is 0 Å². The highest BCUT2D eigenvalue weighted by Gasteiger charge is 2.40. The molecule has 2 aromatic carbocycles. The van der Waals surface area contributed by atoms with Crippen LogP contribution in [-0.2, 0) is 6.54 Å². The van der Waals surface area contributed by atoms with Crippen molar-refractivity contribution < 1.29 is 22.7 Å². The maximum absolute atomic E-state index is 12.7. The molecule has 0 amide bonds. The fourth-order valence-electron chi connectivity index (χ4n) is 1.98. The van der Waals surface area contributed by atoms with E-state index >= 15 is 0 Å². The molecule has 2 rings (SSSR count). The van der Waals surface area contributed by atoms with Crippen molar-refractivity contribution >= 4 is 23.1 Å². The molecule has 0 unspecified atom stereocenters. The van der Waals surface area contributed by atoms with Gasteiger partial charge in [-0.25, -0.2) is 0 Å². The van der Waals surface area contributed by atoms with Crippen molar-refractivity contribution in [1.29, 1.82) is 0 Å². The van der Waals surface area contributed by atoms with Crippen LogP contribution in [0.2, 0.25) is 5.02 Å². The molecule has 0 aliphatic rings. The molecule has 0 saturated heterocycles. The van der Waals surface area contributed by atoms with Gasteiger partial charge >= 0.3 is 6.18 Å². The quantitative estimate of drug-likeness (QED) is 0.799. The molecule has 0 aromatic heterocycles. The number of hydrogen-bond donors (Lipinski definition) is 1. The van der Waals surface area contributed by atoms with Crippen molar-refractivity contribution in [2.75, 3.05) is 12.4 Å². The van der Waals surface area contributed by atoms with Crippen LogP contribution in [0.25, 0.3) is 0 Å². The summed E-state index contributed by atoms with van der Waals surface area (Å²) in [5.41, 5.74) is 0.266. The molecule has 0 spiro atoms. The molecular weight excluding hydrogens is 331 g/mol. The van der Waals surface area contributed by atoms with Crippen molar-refractivity contribution in [2.45, 2.75) is 12.7 Å². The summed E-state index contributed by atoms with van der Waals surface area (Å²) in [4.78, 5) is 11.5. The molecule has 2 aromatic rings. The minimum absolute atomic E-state index is 0.0349. The van der Waals surface area contributed by atoms with Gasteiger partial charge in [-0.2, -0.15) is 13.2 Å². The summed E-state index contributed by atoms with van der Waals surface area (Å²) in [5.74, 6) is -1.27. The van der Waals surface area contributed by atoms with E-state index in [1.165, 1.54) is 19.2 Å². The second-order valence-electron chi connectivity index (χ2n) is 4.69. The zero-order chi connectivity index (χ0) is 17.0. The first-order valence-electron chi connectivity index (χ1n) is 6.59. The van der Waals surface area contributed by atoms with Crippen LogP contribution in [0.1, 0.15) is 15.9 Å². The third-order valence-electron chi connectivity index (χ3n) is 3.14. The Morgan fingerprint density at radius 1 is 1.17 bits per heavy atom. The van der Waals surface area contributed by atoms with Crippen LogP contribution in [0.3, 0.4) is 0 Å². The van der Waals surface area contributed by atoms with E-state index in [9.17, 15) is 18.0 Å². The molecular formula is C16H13ClF3NO2. The summed E-state index contributed by atoms with van der Waals surface area (Å²) >= 11 is 5.94. The zero-order valence-electron chi connectivity index (χ0n) is 12.1. The number of nitrogens with one attached hydrogen (secondary N) is 1. The Bertz CT molecular complexity index is 699. The smallest absolute Gasteiger partial charge is 0.454 e. The first-order valence-corrected chi connectivity index (χ1v) is 6.97. The molecule has 0 saturated carbocycles. The van der Waals surface area contributed by atoms with E-state index in [1.807, 2.05) is 0 Å². The van der Waals surface area contributed by atoms with E-state index < -0.39 is 17.5 Å². The van der Waals surface area contributed by atoms with Crippen LogP contribution >= 0.6 is 11.6 Å². The summed E-state index contributed by atoms with van der Waals surface area (Å²) in [5, 5.41) is 2.84. The Hall–Kier alpha value is -2.21. The highest BCUT2D eigenvalue weighted by molar-refractivity contribution is 6.34. The van der Waals surface area contributed by atoms with Crippen molar-refractivity contribution in [3.05, 3.63) is 58.6 Å². The Labute approximate surface area is 136 Å². The Balaban J connectivity index is 2.23. The number of para-hydroxylation sites is 1. The van der Waals surface area contributed by atoms with Crippen LogP contribution in [0.15, 0.2) is 42.5 Å². The summed E-state index contributed by atoms with van der Waals surface area (Å²) in [6.07, 6.45) is -4.96. The topological polar surface area (TPSA) is 38.3 Å². The molecule has 0 aliphatic carbocycles. The molecule has 0 radical (unpaired) electrons. The van der Waals surface area contributed by atoms with Gasteiger partial charge < -0.3 is 10.1 Å². The highest BCUT2D eigenvalue weighted by atomic mass is 35.5. The molecule has 3 nitrogen and oxygen atoms in total. The number of benzene rings is 2. The molecule has 0 fully saturated rings. The maximum atomic E-state index is 12.7. The lowest BCUT2D eigenvalue weighted by Crippen LogP contribution is -2.24. The number of carbonyl (C=O) groups is 1. The molecule has 1 N–H and O–H groups in total. The lowest BCUT2D eigenvalue weighted by molar-refractivity contribution is -0.0884. The number of ketones is 1. The van der Waals surface area contributed by atoms with Gasteiger partial charge in [0.15, 0.2) is 0 Å². The minimum atomic E-state index is -4.96. The van der Waals surface area contributed by atoms with E-state index in [0.717, 1.165) is 11.6 Å². The van der Waals surface area contributed by atoms with Gasteiger partial charge in [-0.3, -0.25) is 4.79 Å². The fourth-order valence-corrected chi connectivity index (χ4v) is 2.22. The van der Waals surface area contributed by atoms with Crippen LogP contribution < -0.4 is 10.1 Å². The summed E-state index contributed by atoms with van der Waals surface area (Å²) in [6, 6.07) is 10.8. The van der Waals surface area contributed by atoms with Crippen LogP contribution in [0, 0.1) is 0 Å². The second kappa shape index (κ2) is 6.91. The van der Waals surface area contributed by atoms with Gasteiger partial charge in [0.1, 0.15) is 5.75 Å². The summed E-state index contributed by atoms with van der Waals surface area (Å²) in [7, 11) is 1.53. The van der Waals surface area contributed by atoms with Gasteiger partial charge in [-0.1, -0.05) is 29.8 Å². The van der Waals surface area contributed by atoms with E-state index in [-0.39, 0.29) is 17.3 Å². The van der Waals surface area contributed by atoms with Gasteiger partial charge in [0.25, 0.3) is 5.78 Å². The third-order valence-corrected chi connectivity index (χ3v) is 3.46. The molecule has 23 heavy (non-hydrogen) atoms. The zero-order valence-corrected chi connectivity index (χ0v) is 12.8. The van der Waals surface area contributed by atoms with Crippen LogP contribution in [0.5, 0.6) is 5.75 Å². The molecule has 122 valence electrons. The average Bonchev–Trinajstić information content (AvgIpc) is 2.52. The van der Waals surface area contributed by atoms with Gasteiger partial charge in [0.05, 0.1) is 23.4 Å². The van der Waals surface area contributed by atoms with E-state index in [0.29, 0.717) is 5.75 Å². The Kier molecular flexibility index (Phi) is 5.15. The third kappa shape index (κ3) is 4.16. The predicted octanol–water partition coefficient (Wildman–Crippen LogP) is 4.71. The Morgan fingerprint density at radius 2 is 1.83 bits per heavy atom. The largest absolute Gasteiger partial charge is 0.497 e. The van der Waals surface area contributed by atoms with Crippen molar-refractivity contribution in [3.8, 4) is 5.75 Å². The number of halogens is 4. The minimum Gasteiger partial charge on any atom is -0.497 e. The Morgan fingerprint density at radius 3 is 2.39 bits per heavy atom. The second-order valence-corrected chi connectivity index (χ2v) is 5.10. The first kappa shape index (κ1) is 17.1. The number of hydrogen-bond acceptors (Lipinski definition) is 3. The standard InChI is InChI=1S/C16H13ClF3NO2/c1-23-11-7-5-10(6-8-11)9-21-14-12(3-2-4-13(14)17)15(22)16(18,19)20/h2-8,21H,9H2,1H3. The average molecular weight is 344 g/mol. The number of methoxy groups -OCH3 is 1. The molecule has 0 bridgehead atoms. The SMILES string of the molecule is COc1ccc(CNc2c(Cl)cccc2C(=O)C(F)(F)F)cc1. The van der Waals surface area contributed by atoms with E-state index in [4.69, 9.17) is 16.3 Å². The summed E-state index contributed by atoms with van der Waals surface area (Å²) in [6.45, 7) is 0.214. The van der Waals surface area contributed by atoms with Crippen LogP contribution in [-0.4, -0.2) is 19.1 Å². The van der Waals surface area contributed by atoms with Gasteiger partial charge in [-0.05, 0) is 29.8 Å². The van der Waals surface area contributed by atoms with Crippen LogP contribution in [0.4, 0.5) is 18.9 Å². The lowest BCUT2D eigenvalue weighted by Gasteiger charge is -2.14. The lowest BCUT2D eigenvalue weighted by atomic mass is 10.1. The summed E-state index contributed by atoms with van der Waals surface area (Å²) < 4.78 is 43.0. The number of alkyl halides is 3. The molecule has 7 heteroatoms. The molecule has 0 atom stereocenters. The monoisotopic (exact) mass is 343 g/mol. The van der Waals surface area contributed by atoms with E-state index in [1.54, 1.807) is 24.3 Å². The molecule has 0 heterocycles. The number of carbonyl (C=O) groups excluding carboxylic acids is 1. The number of ether oxygens (including phenoxy) is 1. The fraction of sp³-hybridized carbons (Fsp3) is 0.188. The highest BCUT2D eigenvalue weighted by Crippen LogP contribution is 2.31. The first-order chi connectivity index (χ1) is 10.8. The predicted molar refractivity (Wildman–Crippen MR) is 82.2 cm³/mol. The van der Waals surface area contributed by atoms with Gasteiger partial charge in [-0.15, -0.1) is 0 Å². The van der Waals surface area contributed by atoms with E-state index in [2.05, 4.69) is 5.32 Å². The van der Waals surface area contributed by atoms with Crippen molar-refractivity contribution in [1.82, 2.24) is 0 Å². The number of anilines is 1. The number of Topliss-reactive ketones (excluding diaryl/α,β-unsaturated/α-hetero) is 1. The molecule has 0 aliphatic heterocycles. The van der Waals surface area contributed by atoms with Crippen molar-refractivity contribution in [3.63, 3.8) is 0 Å². The number of rotatable bonds is 5. The maximum Gasteiger partial charge on any atom is 0.454 e. The van der Waals surface area contributed by atoms with Gasteiger partial charge in [0, 0.05) is 6.54 Å². The van der Waals surface area contributed by atoms with Gasteiger partial charge in [0.2, 0.25) is 0 Å².